The smallest absolute Gasteiger partial charge is 0.243 e. The number of benzene rings is 2. The lowest BCUT2D eigenvalue weighted by Gasteiger charge is -2.20. The largest absolute Gasteiger partial charge is 0.325 e. The number of sulfonamides is 1. The molecule has 0 aliphatic heterocycles. The van der Waals surface area contributed by atoms with Crippen molar-refractivity contribution in [3.8, 4) is 0 Å². The summed E-state index contributed by atoms with van der Waals surface area (Å²) >= 11 is 0. The molecule has 128 valence electrons. The summed E-state index contributed by atoms with van der Waals surface area (Å²) in [5.41, 5.74) is 0.232. The molecule has 2 aromatic rings. The standard InChI is InChI=1S/C16H16F2N2O3S/c1-2-20(24(22,23)15-8-6-12(17)7-9-15)11-16(21)19-14-5-3-4-13(18)10-14/h3-10H,2,11H2,1H3,(H,19,21). The highest BCUT2D eigenvalue weighted by molar-refractivity contribution is 7.89. The first kappa shape index (κ1) is 18.0. The topological polar surface area (TPSA) is 66.5 Å². The maximum absolute atomic E-state index is 13.1. The Bertz CT molecular complexity index is 823. The molecule has 0 bridgehead atoms. The van der Waals surface area contributed by atoms with Gasteiger partial charge in [0.2, 0.25) is 15.9 Å². The highest BCUT2D eigenvalue weighted by atomic mass is 32.2. The van der Waals surface area contributed by atoms with Gasteiger partial charge in [0.05, 0.1) is 11.4 Å². The molecule has 0 heterocycles. The molecule has 0 radical (unpaired) electrons. The predicted octanol–water partition coefficient (Wildman–Crippen LogP) is 2.61. The second-order valence-corrected chi connectivity index (χ2v) is 6.88. The molecule has 0 spiro atoms. The SMILES string of the molecule is CCN(CC(=O)Nc1cccc(F)c1)S(=O)(=O)c1ccc(F)cc1. The summed E-state index contributed by atoms with van der Waals surface area (Å²) in [6, 6.07) is 9.62. The highest BCUT2D eigenvalue weighted by Crippen LogP contribution is 2.16. The summed E-state index contributed by atoms with van der Waals surface area (Å²) in [6.45, 7) is 1.19. The van der Waals surface area contributed by atoms with E-state index in [2.05, 4.69) is 5.32 Å². The van der Waals surface area contributed by atoms with Crippen molar-refractivity contribution < 1.29 is 22.0 Å². The van der Waals surface area contributed by atoms with Gasteiger partial charge < -0.3 is 5.32 Å². The molecule has 0 aliphatic carbocycles. The first-order chi connectivity index (χ1) is 11.3. The summed E-state index contributed by atoms with van der Waals surface area (Å²) in [7, 11) is -3.93. The Labute approximate surface area is 139 Å². The van der Waals surface area contributed by atoms with Gasteiger partial charge >= 0.3 is 0 Å². The number of halogens is 2. The Morgan fingerprint density at radius 1 is 1.08 bits per heavy atom. The minimum Gasteiger partial charge on any atom is -0.325 e. The molecule has 8 heteroatoms. The van der Waals surface area contributed by atoms with Gasteiger partial charge in [0, 0.05) is 12.2 Å². The second-order valence-electron chi connectivity index (χ2n) is 4.94. The summed E-state index contributed by atoms with van der Waals surface area (Å²) < 4.78 is 52.0. The lowest BCUT2D eigenvalue weighted by atomic mass is 10.3. The van der Waals surface area contributed by atoms with E-state index in [0.717, 1.165) is 34.6 Å². The predicted molar refractivity (Wildman–Crippen MR) is 85.9 cm³/mol. The minimum atomic E-state index is -3.93. The maximum Gasteiger partial charge on any atom is 0.243 e. The molecule has 0 saturated carbocycles. The Morgan fingerprint density at radius 3 is 2.33 bits per heavy atom. The molecule has 0 unspecified atom stereocenters. The Kier molecular flexibility index (Phi) is 5.63. The van der Waals surface area contributed by atoms with Crippen molar-refractivity contribution >= 4 is 21.6 Å². The van der Waals surface area contributed by atoms with Crippen LogP contribution in [0.2, 0.25) is 0 Å². The minimum absolute atomic E-state index is 0.0519. The highest BCUT2D eigenvalue weighted by Gasteiger charge is 2.25. The lowest BCUT2D eigenvalue weighted by molar-refractivity contribution is -0.116. The van der Waals surface area contributed by atoms with Crippen LogP contribution in [0.5, 0.6) is 0 Å². The van der Waals surface area contributed by atoms with Crippen LogP contribution in [-0.2, 0) is 14.8 Å². The molecule has 0 aromatic heterocycles. The van der Waals surface area contributed by atoms with Gasteiger partial charge in [-0.25, -0.2) is 17.2 Å². The first-order valence-electron chi connectivity index (χ1n) is 7.14. The molecule has 0 saturated heterocycles. The van der Waals surface area contributed by atoms with E-state index in [1.807, 2.05) is 0 Å². The third kappa shape index (κ3) is 4.36. The van der Waals surface area contributed by atoms with Crippen LogP contribution >= 0.6 is 0 Å². The quantitative estimate of drug-likeness (QED) is 0.867. The van der Waals surface area contributed by atoms with Crippen molar-refractivity contribution in [1.29, 1.82) is 0 Å². The van der Waals surface area contributed by atoms with Crippen LogP contribution in [0.25, 0.3) is 0 Å². The van der Waals surface area contributed by atoms with E-state index in [9.17, 15) is 22.0 Å². The molecule has 0 aliphatic rings. The molecule has 2 aromatic carbocycles. The first-order valence-corrected chi connectivity index (χ1v) is 8.58. The fraction of sp³-hybridized carbons (Fsp3) is 0.188. The number of carbonyl (C=O) groups is 1. The van der Waals surface area contributed by atoms with Crippen molar-refractivity contribution in [1.82, 2.24) is 4.31 Å². The van der Waals surface area contributed by atoms with E-state index in [0.29, 0.717) is 0 Å². The maximum atomic E-state index is 13.1. The van der Waals surface area contributed by atoms with Crippen molar-refractivity contribution in [2.45, 2.75) is 11.8 Å². The van der Waals surface area contributed by atoms with Gasteiger partial charge in [-0.1, -0.05) is 13.0 Å². The molecular weight excluding hydrogens is 338 g/mol. The van der Waals surface area contributed by atoms with E-state index in [4.69, 9.17) is 0 Å². The zero-order chi connectivity index (χ0) is 17.7. The van der Waals surface area contributed by atoms with Gasteiger partial charge in [0.1, 0.15) is 11.6 Å². The van der Waals surface area contributed by atoms with Crippen LogP contribution < -0.4 is 5.32 Å². The van der Waals surface area contributed by atoms with Crippen LogP contribution in [0.1, 0.15) is 6.92 Å². The summed E-state index contributed by atoms with van der Waals surface area (Å²) in [4.78, 5) is 11.9. The Balaban J connectivity index is 2.13. The monoisotopic (exact) mass is 354 g/mol. The second kappa shape index (κ2) is 7.50. The van der Waals surface area contributed by atoms with Gasteiger partial charge in [-0.3, -0.25) is 4.79 Å². The Morgan fingerprint density at radius 2 is 1.75 bits per heavy atom. The molecule has 0 fully saturated rings. The van der Waals surface area contributed by atoms with Crippen LogP contribution in [0.4, 0.5) is 14.5 Å². The van der Waals surface area contributed by atoms with Gasteiger partial charge in [-0.05, 0) is 42.5 Å². The molecule has 5 nitrogen and oxygen atoms in total. The molecule has 2 rings (SSSR count). The van der Waals surface area contributed by atoms with Gasteiger partial charge in [-0.15, -0.1) is 0 Å². The summed E-state index contributed by atoms with van der Waals surface area (Å²) in [5, 5.41) is 2.44. The molecule has 1 amide bonds. The van der Waals surface area contributed by atoms with Crippen molar-refractivity contribution in [3.05, 3.63) is 60.2 Å². The van der Waals surface area contributed by atoms with Gasteiger partial charge in [0.15, 0.2) is 0 Å². The normalized spacial score (nSPS) is 11.5. The number of nitrogens with one attached hydrogen (secondary N) is 1. The number of carbonyl (C=O) groups excluding carboxylic acids is 1. The average molecular weight is 354 g/mol. The van der Waals surface area contributed by atoms with Crippen LogP contribution in [0, 0.1) is 11.6 Å². The average Bonchev–Trinajstić information content (AvgIpc) is 2.53. The fourth-order valence-corrected chi connectivity index (χ4v) is 3.45. The number of amides is 1. The zero-order valence-corrected chi connectivity index (χ0v) is 13.7. The summed E-state index contributed by atoms with van der Waals surface area (Å²) in [5.74, 6) is -1.67. The van der Waals surface area contributed by atoms with Gasteiger partial charge in [-0.2, -0.15) is 4.31 Å². The number of likely N-dealkylation sites (N-methyl/N-ethyl adjacent to an activating group) is 1. The molecular formula is C16H16F2N2O3S. The van der Waals surface area contributed by atoms with Crippen molar-refractivity contribution in [3.63, 3.8) is 0 Å². The Hall–Kier alpha value is -2.32. The van der Waals surface area contributed by atoms with Crippen LogP contribution in [-0.4, -0.2) is 31.7 Å². The molecule has 0 atom stereocenters. The summed E-state index contributed by atoms with van der Waals surface area (Å²) in [6.07, 6.45) is 0. The number of rotatable bonds is 6. The number of hydrogen-bond acceptors (Lipinski definition) is 3. The van der Waals surface area contributed by atoms with E-state index in [-0.39, 0.29) is 17.1 Å². The lowest BCUT2D eigenvalue weighted by Crippen LogP contribution is -2.37. The van der Waals surface area contributed by atoms with E-state index in [1.54, 1.807) is 6.92 Å². The third-order valence-electron chi connectivity index (χ3n) is 3.23. The number of anilines is 1. The van der Waals surface area contributed by atoms with Crippen LogP contribution in [0.3, 0.4) is 0 Å². The van der Waals surface area contributed by atoms with Crippen molar-refractivity contribution in [2.24, 2.45) is 0 Å². The number of hydrogen-bond donors (Lipinski definition) is 1. The fourth-order valence-electron chi connectivity index (χ4n) is 2.05. The van der Waals surface area contributed by atoms with Crippen LogP contribution in [0.15, 0.2) is 53.4 Å². The van der Waals surface area contributed by atoms with E-state index in [1.165, 1.54) is 18.2 Å². The van der Waals surface area contributed by atoms with E-state index >= 15 is 0 Å². The molecule has 1 N–H and O–H groups in total. The molecule has 24 heavy (non-hydrogen) atoms. The third-order valence-corrected chi connectivity index (χ3v) is 5.17. The van der Waals surface area contributed by atoms with E-state index < -0.39 is 34.1 Å². The van der Waals surface area contributed by atoms with Gasteiger partial charge in [0.25, 0.3) is 0 Å². The zero-order valence-electron chi connectivity index (χ0n) is 12.9. The van der Waals surface area contributed by atoms with Crippen molar-refractivity contribution in [2.75, 3.05) is 18.4 Å². The number of nitrogens with zero attached hydrogens (tertiary/aromatic N) is 1.